The van der Waals surface area contributed by atoms with Crippen LogP contribution in [-0.2, 0) is 9.53 Å². The van der Waals surface area contributed by atoms with Gasteiger partial charge >= 0.3 is 0 Å². The molecule has 108 valence electrons. The van der Waals surface area contributed by atoms with Crippen molar-refractivity contribution in [3.63, 3.8) is 0 Å². The van der Waals surface area contributed by atoms with Crippen molar-refractivity contribution in [3.05, 3.63) is 0 Å². The number of hydrogen-bond acceptors (Lipinski definition) is 4. The van der Waals surface area contributed by atoms with Gasteiger partial charge in [-0.05, 0) is 32.2 Å². The normalized spacial score (nSPS) is 30.4. The van der Waals surface area contributed by atoms with Crippen LogP contribution in [0.2, 0.25) is 0 Å². The zero-order valence-electron chi connectivity index (χ0n) is 12.0. The first-order valence-electron chi connectivity index (χ1n) is 7.36. The summed E-state index contributed by atoms with van der Waals surface area (Å²) in [5.41, 5.74) is 0. The van der Waals surface area contributed by atoms with E-state index in [2.05, 4.69) is 5.32 Å². The summed E-state index contributed by atoms with van der Waals surface area (Å²) in [6, 6.07) is 0.277. The Bertz CT molecular complexity index is 310. The third-order valence-electron chi connectivity index (χ3n) is 4.52. The van der Waals surface area contributed by atoms with Crippen LogP contribution in [0.5, 0.6) is 0 Å². The minimum absolute atomic E-state index is 0.00370. The molecule has 19 heavy (non-hydrogen) atoms. The Morgan fingerprint density at radius 3 is 2.84 bits per heavy atom. The Morgan fingerprint density at radius 1 is 1.47 bits per heavy atom. The summed E-state index contributed by atoms with van der Waals surface area (Å²) in [5, 5.41) is 12.8. The molecule has 2 aliphatic heterocycles. The van der Waals surface area contributed by atoms with Gasteiger partial charge in [-0.1, -0.05) is 6.92 Å². The van der Waals surface area contributed by atoms with Crippen molar-refractivity contribution in [3.8, 4) is 0 Å². The molecule has 2 fully saturated rings. The number of hydrogen-bond donors (Lipinski definition) is 2. The third kappa shape index (κ3) is 3.12. The molecular formula is C13H25BN2O3. The quantitative estimate of drug-likeness (QED) is 0.671. The molecule has 6 heteroatoms. The van der Waals surface area contributed by atoms with Crippen LogP contribution < -0.4 is 5.32 Å². The molecule has 2 rings (SSSR count). The van der Waals surface area contributed by atoms with Gasteiger partial charge in [0.2, 0.25) is 5.91 Å². The highest BCUT2D eigenvalue weighted by Gasteiger charge is 2.38. The van der Waals surface area contributed by atoms with Gasteiger partial charge in [-0.25, -0.2) is 0 Å². The molecule has 0 unspecified atom stereocenters. The molecule has 0 aromatic carbocycles. The standard InChI is InChI=1S/C13H25BN2O3/c1-9(12(19-2)10-5-3-7-15-10)13(17)16-8-4-6-11(16)14-18/h9-12,14-15,18H,3-8H2,1-2H3/t9-,10+,11+,12-/m1/s1. The predicted octanol–water partition coefficient (Wildman–Crippen LogP) is -0.318. The zero-order chi connectivity index (χ0) is 13.8. The van der Waals surface area contributed by atoms with Crippen molar-refractivity contribution in [2.75, 3.05) is 20.2 Å². The van der Waals surface area contributed by atoms with E-state index < -0.39 is 0 Å². The van der Waals surface area contributed by atoms with Gasteiger partial charge in [0, 0.05) is 25.6 Å². The summed E-state index contributed by atoms with van der Waals surface area (Å²) < 4.78 is 5.57. The lowest BCUT2D eigenvalue weighted by Crippen LogP contribution is -2.49. The average Bonchev–Trinajstić information content (AvgIpc) is 3.09. The van der Waals surface area contributed by atoms with Crippen molar-refractivity contribution in [1.29, 1.82) is 0 Å². The molecule has 2 aliphatic rings. The molecule has 0 spiro atoms. The molecule has 2 N–H and O–H groups in total. The summed E-state index contributed by atoms with van der Waals surface area (Å²) in [6.45, 7) is 3.72. The maximum atomic E-state index is 12.6. The van der Waals surface area contributed by atoms with Gasteiger partial charge < -0.3 is 20.0 Å². The molecule has 0 bridgehead atoms. The maximum absolute atomic E-state index is 12.6. The largest absolute Gasteiger partial charge is 0.452 e. The summed E-state index contributed by atoms with van der Waals surface area (Å²) in [4.78, 5) is 14.4. The van der Waals surface area contributed by atoms with E-state index in [0.717, 1.165) is 38.8 Å². The monoisotopic (exact) mass is 268 g/mol. The van der Waals surface area contributed by atoms with E-state index in [0.29, 0.717) is 0 Å². The van der Waals surface area contributed by atoms with Crippen molar-refractivity contribution in [1.82, 2.24) is 10.2 Å². The maximum Gasteiger partial charge on any atom is 0.293 e. The molecule has 5 nitrogen and oxygen atoms in total. The molecule has 0 aromatic rings. The second-order valence-electron chi connectivity index (χ2n) is 5.70. The van der Waals surface area contributed by atoms with Gasteiger partial charge in [0.25, 0.3) is 7.48 Å². The number of amides is 1. The number of likely N-dealkylation sites (tertiary alicyclic amines) is 1. The summed E-state index contributed by atoms with van der Waals surface area (Å²) in [7, 11) is 1.75. The number of nitrogens with zero attached hydrogens (tertiary/aromatic N) is 1. The van der Waals surface area contributed by atoms with E-state index in [1.807, 2.05) is 11.8 Å². The van der Waals surface area contributed by atoms with Crippen LogP contribution in [0, 0.1) is 5.92 Å². The van der Waals surface area contributed by atoms with E-state index >= 15 is 0 Å². The minimum Gasteiger partial charge on any atom is -0.452 e. The summed E-state index contributed by atoms with van der Waals surface area (Å²) in [5.74, 6) is -0.0335. The number of methoxy groups -OCH3 is 1. The molecule has 4 atom stereocenters. The van der Waals surface area contributed by atoms with Gasteiger partial charge in [-0.3, -0.25) is 4.79 Å². The molecule has 2 heterocycles. The Kier molecular flexibility index (Phi) is 5.24. The second kappa shape index (κ2) is 6.73. The first-order valence-corrected chi connectivity index (χ1v) is 7.36. The number of ether oxygens (including phenoxy) is 1. The topological polar surface area (TPSA) is 61.8 Å². The van der Waals surface area contributed by atoms with Crippen LogP contribution in [0.15, 0.2) is 0 Å². The fraction of sp³-hybridized carbons (Fsp3) is 0.923. The second-order valence-corrected chi connectivity index (χ2v) is 5.70. The Morgan fingerprint density at radius 2 is 2.26 bits per heavy atom. The van der Waals surface area contributed by atoms with Gasteiger partial charge in [-0.2, -0.15) is 0 Å². The van der Waals surface area contributed by atoms with Gasteiger partial charge in [0.1, 0.15) is 0 Å². The molecule has 1 amide bonds. The van der Waals surface area contributed by atoms with Crippen molar-refractivity contribution < 1.29 is 14.6 Å². The van der Waals surface area contributed by atoms with Crippen molar-refractivity contribution in [2.45, 2.75) is 50.7 Å². The van der Waals surface area contributed by atoms with Gasteiger partial charge in [-0.15, -0.1) is 0 Å². The Hall–Kier alpha value is -0.585. The Labute approximate surface area is 116 Å². The van der Waals surface area contributed by atoms with Crippen LogP contribution in [0.25, 0.3) is 0 Å². The highest BCUT2D eigenvalue weighted by Crippen LogP contribution is 2.24. The molecule has 0 aliphatic carbocycles. The molecule has 0 aromatic heterocycles. The van der Waals surface area contributed by atoms with E-state index in [1.165, 1.54) is 0 Å². The first kappa shape index (κ1) is 14.8. The average molecular weight is 268 g/mol. The lowest BCUT2D eigenvalue weighted by Gasteiger charge is -2.32. The van der Waals surface area contributed by atoms with Crippen molar-refractivity contribution in [2.24, 2.45) is 5.92 Å². The summed E-state index contributed by atoms with van der Waals surface area (Å²) in [6.07, 6.45) is 4.04. The van der Waals surface area contributed by atoms with E-state index in [4.69, 9.17) is 4.74 Å². The van der Waals surface area contributed by atoms with E-state index in [-0.39, 0.29) is 37.4 Å². The van der Waals surface area contributed by atoms with Crippen LogP contribution >= 0.6 is 0 Å². The van der Waals surface area contributed by atoms with Crippen LogP contribution in [0.1, 0.15) is 32.6 Å². The fourth-order valence-corrected chi connectivity index (χ4v) is 3.43. The lowest BCUT2D eigenvalue weighted by molar-refractivity contribution is -0.140. The highest BCUT2D eigenvalue weighted by molar-refractivity contribution is 6.28. The fourth-order valence-electron chi connectivity index (χ4n) is 3.43. The molecule has 0 saturated carbocycles. The molecule has 2 saturated heterocycles. The van der Waals surface area contributed by atoms with Crippen LogP contribution in [0.3, 0.4) is 0 Å². The van der Waals surface area contributed by atoms with Crippen LogP contribution in [-0.4, -0.2) is 61.6 Å². The smallest absolute Gasteiger partial charge is 0.293 e. The number of rotatable bonds is 5. The number of nitrogens with one attached hydrogen (secondary N) is 1. The zero-order valence-corrected chi connectivity index (χ0v) is 12.0. The minimum atomic E-state index is -0.159. The molecular weight excluding hydrogens is 243 g/mol. The Balaban J connectivity index is 2.00. The first-order chi connectivity index (χ1) is 9.19. The summed E-state index contributed by atoms with van der Waals surface area (Å²) >= 11 is 0. The van der Waals surface area contributed by atoms with Crippen molar-refractivity contribution >= 4 is 13.4 Å². The van der Waals surface area contributed by atoms with E-state index in [1.54, 1.807) is 7.11 Å². The van der Waals surface area contributed by atoms with Crippen LogP contribution in [0.4, 0.5) is 0 Å². The lowest BCUT2D eigenvalue weighted by atomic mass is 9.85. The number of carbonyl (C=O) groups excluding carboxylic acids is 1. The number of carbonyl (C=O) groups is 1. The molecule has 0 radical (unpaired) electrons. The highest BCUT2D eigenvalue weighted by atomic mass is 16.5. The van der Waals surface area contributed by atoms with Gasteiger partial charge in [0.05, 0.1) is 12.0 Å². The third-order valence-corrected chi connectivity index (χ3v) is 4.52. The predicted molar refractivity (Wildman–Crippen MR) is 75.1 cm³/mol. The SMILES string of the molecule is CO[C@@H]([C@@H]1CCCN1)[C@@H](C)C(=O)N1CCC[C@H]1BO. The van der Waals surface area contributed by atoms with E-state index in [9.17, 15) is 9.82 Å². The van der Waals surface area contributed by atoms with Gasteiger partial charge in [0.15, 0.2) is 0 Å².